The Labute approximate surface area is 130 Å². The SMILES string of the molecule is Clc1cc(Cl)c(NCc2cccc3c2OCO3)nc1Cl. The van der Waals surface area contributed by atoms with Crippen LogP contribution in [-0.4, -0.2) is 11.8 Å². The zero-order chi connectivity index (χ0) is 14.1. The van der Waals surface area contributed by atoms with Crippen LogP contribution in [0.1, 0.15) is 5.56 Å². The Morgan fingerprint density at radius 3 is 2.85 bits per heavy atom. The van der Waals surface area contributed by atoms with Crippen molar-refractivity contribution in [1.82, 2.24) is 4.98 Å². The van der Waals surface area contributed by atoms with Crippen molar-refractivity contribution < 1.29 is 9.47 Å². The van der Waals surface area contributed by atoms with Gasteiger partial charge >= 0.3 is 0 Å². The number of halogens is 3. The van der Waals surface area contributed by atoms with Gasteiger partial charge < -0.3 is 14.8 Å². The summed E-state index contributed by atoms with van der Waals surface area (Å²) in [5.74, 6) is 1.94. The summed E-state index contributed by atoms with van der Waals surface area (Å²) in [5.41, 5.74) is 0.948. The van der Waals surface area contributed by atoms with Crippen LogP contribution >= 0.6 is 34.8 Å². The minimum absolute atomic E-state index is 0.205. The third kappa shape index (κ3) is 2.59. The van der Waals surface area contributed by atoms with Crippen LogP contribution in [0.25, 0.3) is 0 Å². The highest BCUT2D eigenvalue weighted by Gasteiger charge is 2.17. The van der Waals surface area contributed by atoms with Crippen molar-refractivity contribution in [2.24, 2.45) is 0 Å². The molecule has 1 aliphatic rings. The van der Waals surface area contributed by atoms with Crippen LogP contribution < -0.4 is 14.8 Å². The van der Waals surface area contributed by atoms with E-state index in [-0.39, 0.29) is 11.9 Å². The number of nitrogens with one attached hydrogen (secondary N) is 1. The van der Waals surface area contributed by atoms with E-state index in [1.54, 1.807) is 6.07 Å². The number of pyridine rings is 1. The van der Waals surface area contributed by atoms with E-state index < -0.39 is 0 Å². The Hall–Kier alpha value is -1.36. The summed E-state index contributed by atoms with van der Waals surface area (Å²) in [5, 5.41) is 4.04. The van der Waals surface area contributed by atoms with Crippen molar-refractivity contribution in [3.05, 3.63) is 45.0 Å². The molecule has 0 fully saturated rings. The second-order valence-electron chi connectivity index (χ2n) is 4.10. The molecule has 104 valence electrons. The van der Waals surface area contributed by atoms with Gasteiger partial charge in [0.2, 0.25) is 6.79 Å². The molecule has 0 unspecified atom stereocenters. The van der Waals surface area contributed by atoms with E-state index in [1.807, 2.05) is 18.2 Å². The number of aromatic nitrogens is 1. The Morgan fingerprint density at radius 1 is 1.15 bits per heavy atom. The molecule has 3 rings (SSSR count). The van der Waals surface area contributed by atoms with Gasteiger partial charge in [-0.2, -0.15) is 0 Å². The van der Waals surface area contributed by atoms with Crippen LogP contribution in [-0.2, 0) is 6.54 Å². The lowest BCUT2D eigenvalue weighted by Gasteiger charge is -2.10. The van der Waals surface area contributed by atoms with Crippen molar-refractivity contribution in [2.75, 3.05) is 12.1 Å². The summed E-state index contributed by atoms with van der Waals surface area (Å²) in [4.78, 5) is 4.10. The molecule has 7 heteroatoms. The molecule has 0 saturated carbocycles. The third-order valence-corrected chi connectivity index (χ3v) is 3.77. The number of rotatable bonds is 3. The van der Waals surface area contributed by atoms with Gasteiger partial charge in [0.15, 0.2) is 11.5 Å². The lowest BCUT2D eigenvalue weighted by molar-refractivity contribution is 0.173. The predicted molar refractivity (Wildman–Crippen MR) is 79.2 cm³/mol. The standard InChI is InChI=1S/C13H9Cl3N2O2/c14-8-4-9(15)13(18-12(8)16)17-5-7-2-1-3-10-11(7)20-6-19-10/h1-4H,5-6H2,(H,17,18). The molecular formula is C13H9Cl3N2O2. The molecule has 0 radical (unpaired) electrons. The van der Waals surface area contributed by atoms with Crippen molar-refractivity contribution in [3.63, 3.8) is 0 Å². The zero-order valence-electron chi connectivity index (χ0n) is 10.1. The number of hydrogen-bond acceptors (Lipinski definition) is 4. The molecule has 1 N–H and O–H groups in total. The van der Waals surface area contributed by atoms with Crippen molar-refractivity contribution in [3.8, 4) is 11.5 Å². The first-order chi connectivity index (χ1) is 9.65. The van der Waals surface area contributed by atoms with Crippen LogP contribution in [0.2, 0.25) is 15.2 Å². The monoisotopic (exact) mass is 330 g/mol. The first kappa shape index (κ1) is 13.6. The minimum atomic E-state index is 0.205. The van der Waals surface area contributed by atoms with Gasteiger partial charge in [0.25, 0.3) is 0 Å². The molecule has 2 aromatic rings. The number of fused-ring (bicyclic) bond motifs is 1. The fraction of sp³-hybridized carbons (Fsp3) is 0.154. The van der Waals surface area contributed by atoms with Gasteiger partial charge in [0.05, 0.1) is 10.0 Å². The molecule has 1 aromatic heterocycles. The molecule has 2 heterocycles. The third-order valence-electron chi connectivity index (χ3n) is 2.81. The van der Waals surface area contributed by atoms with Crippen molar-refractivity contribution in [1.29, 1.82) is 0 Å². The average Bonchev–Trinajstić information content (AvgIpc) is 2.90. The molecule has 1 aromatic carbocycles. The van der Waals surface area contributed by atoms with Gasteiger partial charge in [-0.1, -0.05) is 46.9 Å². The first-order valence-corrected chi connectivity index (χ1v) is 6.91. The zero-order valence-corrected chi connectivity index (χ0v) is 12.4. The molecule has 0 aliphatic carbocycles. The highest BCUT2D eigenvalue weighted by molar-refractivity contribution is 6.42. The maximum Gasteiger partial charge on any atom is 0.231 e. The highest BCUT2D eigenvalue weighted by atomic mass is 35.5. The van der Waals surface area contributed by atoms with Gasteiger partial charge in [-0.3, -0.25) is 0 Å². The number of para-hydroxylation sites is 1. The number of benzene rings is 1. The normalized spacial score (nSPS) is 12.6. The minimum Gasteiger partial charge on any atom is -0.454 e. The average molecular weight is 332 g/mol. The molecule has 1 aliphatic heterocycles. The Kier molecular flexibility index (Phi) is 3.78. The Bertz CT molecular complexity index is 664. The summed E-state index contributed by atoms with van der Waals surface area (Å²) in [6.45, 7) is 0.718. The second-order valence-corrected chi connectivity index (χ2v) is 5.27. The topological polar surface area (TPSA) is 43.4 Å². The number of ether oxygens (including phenoxy) is 2. The lowest BCUT2D eigenvalue weighted by atomic mass is 10.2. The lowest BCUT2D eigenvalue weighted by Crippen LogP contribution is -2.03. The Balaban J connectivity index is 1.81. The summed E-state index contributed by atoms with van der Waals surface area (Å²) in [6, 6.07) is 7.24. The van der Waals surface area contributed by atoms with Crippen LogP contribution in [0.4, 0.5) is 5.82 Å². The van der Waals surface area contributed by atoms with E-state index in [0.717, 1.165) is 17.1 Å². The van der Waals surface area contributed by atoms with Gasteiger partial charge in [0.1, 0.15) is 11.0 Å². The Morgan fingerprint density at radius 2 is 2.00 bits per heavy atom. The summed E-state index contributed by atoms with van der Waals surface area (Å²) >= 11 is 17.8. The smallest absolute Gasteiger partial charge is 0.231 e. The van der Waals surface area contributed by atoms with Gasteiger partial charge in [-0.15, -0.1) is 0 Å². The maximum atomic E-state index is 6.06. The van der Waals surface area contributed by atoms with Crippen LogP contribution in [0.15, 0.2) is 24.3 Å². The molecule has 20 heavy (non-hydrogen) atoms. The number of nitrogens with zero attached hydrogens (tertiary/aromatic N) is 1. The van der Waals surface area contributed by atoms with E-state index in [9.17, 15) is 0 Å². The fourth-order valence-corrected chi connectivity index (χ4v) is 2.44. The van der Waals surface area contributed by atoms with Crippen molar-refractivity contribution in [2.45, 2.75) is 6.54 Å². The molecular weight excluding hydrogens is 323 g/mol. The maximum absolute atomic E-state index is 6.06. The summed E-state index contributed by atoms with van der Waals surface area (Å²) in [7, 11) is 0. The van der Waals surface area contributed by atoms with Gasteiger partial charge in [0, 0.05) is 12.1 Å². The largest absolute Gasteiger partial charge is 0.454 e. The fourth-order valence-electron chi connectivity index (χ4n) is 1.88. The van der Waals surface area contributed by atoms with E-state index in [4.69, 9.17) is 44.3 Å². The number of anilines is 1. The highest BCUT2D eigenvalue weighted by Crippen LogP contribution is 2.36. The van der Waals surface area contributed by atoms with E-state index in [1.165, 1.54) is 0 Å². The van der Waals surface area contributed by atoms with E-state index in [0.29, 0.717) is 22.4 Å². The quantitative estimate of drug-likeness (QED) is 0.848. The molecule has 0 atom stereocenters. The second kappa shape index (κ2) is 5.56. The van der Waals surface area contributed by atoms with E-state index in [2.05, 4.69) is 10.3 Å². The van der Waals surface area contributed by atoms with Gasteiger partial charge in [-0.05, 0) is 12.1 Å². The number of hydrogen-bond donors (Lipinski definition) is 1. The summed E-state index contributed by atoms with van der Waals surface area (Å²) < 4.78 is 10.7. The molecule has 4 nitrogen and oxygen atoms in total. The summed E-state index contributed by atoms with van der Waals surface area (Å²) in [6.07, 6.45) is 0. The van der Waals surface area contributed by atoms with E-state index >= 15 is 0 Å². The van der Waals surface area contributed by atoms with Crippen LogP contribution in [0.5, 0.6) is 11.5 Å². The van der Waals surface area contributed by atoms with Crippen molar-refractivity contribution >= 4 is 40.6 Å². The molecule has 0 amide bonds. The van der Waals surface area contributed by atoms with Crippen LogP contribution in [0.3, 0.4) is 0 Å². The van der Waals surface area contributed by atoms with Gasteiger partial charge in [-0.25, -0.2) is 4.98 Å². The van der Waals surface area contributed by atoms with Crippen LogP contribution in [0, 0.1) is 0 Å². The molecule has 0 saturated heterocycles. The first-order valence-electron chi connectivity index (χ1n) is 5.78. The molecule has 0 bridgehead atoms. The predicted octanol–water partition coefficient (Wildman–Crippen LogP) is 4.38. The molecule has 0 spiro atoms.